The van der Waals surface area contributed by atoms with Crippen molar-refractivity contribution in [2.24, 2.45) is 0 Å². The van der Waals surface area contributed by atoms with E-state index in [4.69, 9.17) is 5.73 Å². The molecule has 0 fully saturated rings. The molecule has 0 spiro atoms. The van der Waals surface area contributed by atoms with Gasteiger partial charge in [0, 0.05) is 18.3 Å². The van der Waals surface area contributed by atoms with Crippen LogP contribution in [0.15, 0.2) is 12.3 Å². The highest BCUT2D eigenvalue weighted by molar-refractivity contribution is 5.97. The third kappa shape index (κ3) is 4.29. The molecule has 0 aliphatic carbocycles. The van der Waals surface area contributed by atoms with Gasteiger partial charge in [-0.05, 0) is 40.7 Å². The summed E-state index contributed by atoms with van der Waals surface area (Å²) in [6.45, 7) is 9.89. The Labute approximate surface area is 119 Å². The molecule has 0 bridgehead atoms. The van der Waals surface area contributed by atoms with Crippen LogP contribution in [0, 0.1) is 0 Å². The molecule has 0 aliphatic rings. The summed E-state index contributed by atoms with van der Waals surface area (Å²) < 4.78 is 1.75. The molecule has 112 valence electrons. The SMILES string of the molecule is CCn1cc(N)cc1C(=O)NC(C)C(=O)NC(C)(C)C. The maximum absolute atomic E-state index is 12.2. The molecule has 6 heteroatoms. The maximum Gasteiger partial charge on any atom is 0.268 e. The van der Waals surface area contributed by atoms with Crippen molar-refractivity contribution in [3.05, 3.63) is 18.0 Å². The first-order valence-electron chi connectivity index (χ1n) is 6.72. The van der Waals surface area contributed by atoms with Crippen LogP contribution in [-0.4, -0.2) is 28.0 Å². The highest BCUT2D eigenvalue weighted by atomic mass is 16.2. The molecule has 1 atom stereocenters. The van der Waals surface area contributed by atoms with Crippen LogP contribution in [0.2, 0.25) is 0 Å². The number of hydrogen-bond acceptors (Lipinski definition) is 3. The van der Waals surface area contributed by atoms with Crippen LogP contribution in [0.1, 0.15) is 45.1 Å². The second-order valence-electron chi connectivity index (χ2n) is 5.88. The molecule has 0 saturated heterocycles. The van der Waals surface area contributed by atoms with Gasteiger partial charge in [-0.1, -0.05) is 0 Å². The van der Waals surface area contributed by atoms with E-state index < -0.39 is 6.04 Å². The number of amides is 2. The Balaban J connectivity index is 2.72. The van der Waals surface area contributed by atoms with Crippen molar-refractivity contribution in [3.63, 3.8) is 0 Å². The van der Waals surface area contributed by atoms with Gasteiger partial charge in [-0.3, -0.25) is 9.59 Å². The summed E-state index contributed by atoms with van der Waals surface area (Å²) in [6.07, 6.45) is 1.70. The van der Waals surface area contributed by atoms with Gasteiger partial charge in [-0.2, -0.15) is 0 Å². The van der Waals surface area contributed by atoms with E-state index in [9.17, 15) is 9.59 Å². The van der Waals surface area contributed by atoms with E-state index in [-0.39, 0.29) is 17.4 Å². The van der Waals surface area contributed by atoms with Gasteiger partial charge in [0.15, 0.2) is 0 Å². The van der Waals surface area contributed by atoms with Crippen LogP contribution >= 0.6 is 0 Å². The minimum atomic E-state index is -0.608. The van der Waals surface area contributed by atoms with E-state index in [1.54, 1.807) is 23.8 Å². The number of hydrogen-bond donors (Lipinski definition) is 3. The summed E-state index contributed by atoms with van der Waals surface area (Å²) in [6, 6.07) is 0.996. The Bertz CT molecular complexity index is 500. The molecular weight excluding hydrogens is 256 g/mol. The average molecular weight is 280 g/mol. The van der Waals surface area contributed by atoms with Gasteiger partial charge in [0.2, 0.25) is 5.91 Å². The fourth-order valence-corrected chi connectivity index (χ4v) is 1.80. The Kier molecular flexibility index (Phi) is 4.81. The van der Waals surface area contributed by atoms with Gasteiger partial charge in [-0.25, -0.2) is 0 Å². The summed E-state index contributed by atoms with van der Waals surface area (Å²) in [7, 11) is 0. The summed E-state index contributed by atoms with van der Waals surface area (Å²) >= 11 is 0. The average Bonchev–Trinajstić information content (AvgIpc) is 2.68. The van der Waals surface area contributed by atoms with Crippen molar-refractivity contribution in [2.75, 3.05) is 5.73 Å². The largest absolute Gasteiger partial charge is 0.397 e. The summed E-state index contributed by atoms with van der Waals surface area (Å²) in [5.41, 5.74) is 6.35. The fraction of sp³-hybridized carbons (Fsp3) is 0.571. The number of carbonyl (C=O) groups is 2. The molecule has 6 nitrogen and oxygen atoms in total. The lowest BCUT2D eigenvalue weighted by Crippen LogP contribution is -2.51. The number of aromatic nitrogens is 1. The lowest BCUT2D eigenvalue weighted by molar-refractivity contribution is -0.124. The number of nitrogens with two attached hydrogens (primary N) is 1. The van der Waals surface area contributed by atoms with Gasteiger partial charge in [0.05, 0.1) is 5.69 Å². The van der Waals surface area contributed by atoms with E-state index in [1.807, 2.05) is 27.7 Å². The van der Waals surface area contributed by atoms with E-state index in [1.165, 1.54) is 0 Å². The second kappa shape index (κ2) is 5.98. The molecule has 2 amide bonds. The number of rotatable bonds is 4. The number of aryl methyl sites for hydroxylation is 1. The molecule has 1 aromatic rings. The Morgan fingerprint density at radius 3 is 2.50 bits per heavy atom. The lowest BCUT2D eigenvalue weighted by atomic mass is 10.1. The molecule has 1 unspecified atom stereocenters. The number of nitrogen functional groups attached to an aromatic ring is 1. The topological polar surface area (TPSA) is 89.2 Å². The van der Waals surface area contributed by atoms with Gasteiger partial charge in [-0.15, -0.1) is 0 Å². The monoisotopic (exact) mass is 280 g/mol. The first-order chi connectivity index (χ1) is 9.14. The van der Waals surface area contributed by atoms with E-state index in [2.05, 4.69) is 10.6 Å². The van der Waals surface area contributed by atoms with Crippen molar-refractivity contribution in [3.8, 4) is 0 Å². The number of nitrogens with zero attached hydrogens (tertiary/aromatic N) is 1. The number of carbonyl (C=O) groups excluding carboxylic acids is 2. The van der Waals surface area contributed by atoms with Crippen molar-refractivity contribution in [2.45, 2.75) is 52.7 Å². The van der Waals surface area contributed by atoms with Crippen molar-refractivity contribution in [1.82, 2.24) is 15.2 Å². The minimum Gasteiger partial charge on any atom is -0.397 e. The maximum atomic E-state index is 12.2. The summed E-state index contributed by atoms with van der Waals surface area (Å²) in [4.78, 5) is 24.1. The Morgan fingerprint density at radius 2 is 2.00 bits per heavy atom. The third-order valence-electron chi connectivity index (χ3n) is 2.73. The van der Waals surface area contributed by atoms with E-state index in [0.29, 0.717) is 17.9 Å². The molecule has 0 radical (unpaired) electrons. The Morgan fingerprint density at radius 1 is 1.40 bits per heavy atom. The molecule has 20 heavy (non-hydrogen) atoms. The van der Waals surface area contributed by atoms with Crippen LogP contribution in [0.25, 0.3) is 0 Å². The van der Waals surface area contributed by atoms with Crippen molar-refractivity contribution >= 4 is 17.5 Å². The van der Waals surface area contributed by atoms with Crippen LogP contribution in [0.5, 0.6) is 0 Å². The van der Waals surface area contributed by atoms with Crippen LogP contribution in [-0.2, 0) is 11.3 Å². The predicted octanol–water partition coefficient (Wildman–Crippen LogP) is 1.12. The zero-order valence-corrected chi connectivity index (χ0v) is 12.8. The molecule has 1 aromatic heterocycles. The number of nitrogens with one attached hydrogen (secondary N) is 2. The smallest absolute Gasteiger partial charge is 0.268 e. The first kappa shape index (κ1) is 16.1. The quantitative estimate of drug-likeness (QED) is 0.772. The van der Waals surface area contributed by atoms with Gasteiger partial charge in [0.25, 0.3) is 5.91 Å². The zero-order chi connectivity index (χ0) is 15.5. The third-order valence-corrected chi connectivity index (χ3v) is 2.73. The molecule has 1 heterocycles. The molecule has 0 saturated carbocycles. The normalized spacial score (nSPS) is 12.8. The van der Waals surface area contributed by atoms with Gasteiger partial charge >= 0.3 is 0 Å². The molecule has 0 aliphatic heterocycles. The van der Waals surface area contributed by atoms with E-state index >= 15 is 0 Å². The number of anilines is 1. The lowest BCUT2D eigenvalue weighted by Gasteiger charge is -2.23. The highest BCUT2D eigenvalue weighted by Crippen LogP contribution is 2.10. The van der Waals surface area contributed by atoms with Crippen LogP contribution in [0.4, 0.5) is 5.69 Å². The summed E-state index contributed by atoms with van der Waals surface area (Å²) in [5, 5.41) is 5.50. The second-order valence-corrected chi connectivity index (χ2v) is 5.88. The van der Waals surface area contributed by atoms with E-state index in [0.717, 1.165) is 0 Å². The molecule has 1 rings (SSSR count). The summed E-state index contributed by atoms with van der Waals surface area (Å²) in [5.74, 6) is -0.520. The van der Waals surface area contributed by atoms with Crippen molar-refractivity contribution in [1.29, 1.82) is 0 Å². The standard InChI is InChI=1S/C14H24N4O2/c1-6-18-8-10(15)7-11(18)13(20)16-9(2)12(19)17-14(3,4)5/h7-9H,6,15H2,1-5H3,(H,16,20)(H,17,19). The minimum absolute atomic E-state index is 0.214. The Hall–Kier alpha value is -1.98. The highest BCUT2D eigenvalue weighted by Gasteiger charge is 2.22. The van der Waals surface area contributed by atoms with Gasteiger partial charge < -0.3 is 20.9 Å². The molecular formula is C14H24N4O2. The van der Waals surface area contributed by atoms with Crippen LogP contribution in [0.3, 0.4) is 0 Å². The molecule has 0 aromatic carbocycles. The van der Waals surface area contributed by atoms with Gasteiger partial charge in [0.1, 0.15) is 11.7 Å². The fourth-order valence-electron chi connectivity index (χ4n) is 1.80. The molecule has 4 N–H and O–H groups in total. The predicted molar refractivity (Wildman–Crippen MR) is 79.3 cm³/mol. The zero-order valence-electron chi connectivity index (χ0n) is 12.8. The first-order valence-corrected chi connectivity index (χ1v) is 6.72. The van der Waals surface area contributed by atoms with Crippen LogP contribution < -0.4 is 16.4 Å². The van der Waals surface area contributed by atoms with Crippen molar-refractivity contribution < 1.29 is 9.59 Å².